The first-order valence-electron chi connectivity index (χ1n) is 2.36. The predicted molar refractivity (Wildman–Crippen MR) is 39.4 cm³/mol. The molecule has 0 saturated carbocycles. The Morgan fingerprint density at radius 2 is 2.50 bits per heavy atom. The van der Waals surface area contributed by atoms with Crippen LogP contribution in [0.25, 0.3) is 0 Å². The van der Waals surface area contributed by atoms with Crippen molar-refractivity contribution in [2.45, 2.75) is 6.92 Å². The topological polar surface area (TPSA) is 56.3 Å². The molecule has 10 heavy (non-hydrogen) atoms. The van der Waals surface area contributed by atoms with E-state index in [0.717, 1.165) is 0 Å². The van der Waals surface area contributed by atoms with Crippen LogP contribution in [-0.4, -0.2) is 9.36 Å². The Hall–Kier alpha value is -0.370. The zero-order chi connectivity index (χ0) is 7.40. The summed E-state index contributed by atoms with van der Waals surface area (Å²) >= 11 is 4.51. The predicted octanol–water partition coefficient (Wildman–Crippen LogP) is 0.966. The fraction of sp³-hybridized carbons (Fsp3) is 0.333. The van der Waals surface area contributed by atoms with Crippen molar-refractivity contribution in [2.75, 3.05) is 5.48 Å². The van der Waals surface area contributed by atoms with E-state index in [4.69, 9.17) is 0 Å². The van der Waals surface area contributed by atoms with E-state index in [-0.39, 0.29) is 0 Å². The third-order valence-electron chi connectivity index (χ3n) is 0.694. The molecule has 0 aliphatic heterocycles. The summed E-state index contributed by atoms with van der Waals surface area (Å²) in [4.78, 5) is 8.16. The van der Waals surface area contributed by atoms with Crippen LogP contribution in [0, 0.1) is 6.92 Å². The maximum atomic E-state index is 4.25. The highest BCUT2D eigenvalue weighted by atomic mass is 32.1. The Balaban J connectivity index is 2.42. The van der Waals surface area contributed by atoms with Gasteiger partial charge >= 0.3 is 0 Å². The molecule has 1 rings (SSSR count). The molecule has 0 unspecified atom stereocenters. The molecule has 56 valence electrons. The SMILES string of the molecule is Cc1nsc(NOOS)n1. The van der Waals surface area contributed by atoms with Crippen LogP contribution < -0.4 is 5.48 Å². The summed E-state index contributed by atoms with van der Waals surface area (Å²) in [6, 6.07) is 0. The molecular formula is C3H5N3O2S2. The van der Waals surface area contributed by atoms with Crippen molar-refractivity contribution in [3.63, 3.8) is 0 Å². The Morgan fingerprint density at radius 3 is 3.00 bits per heavy atom. The molecule has 1 aromatic heterocycles. The van der Waals surface area contributed by atoms with E-state index in [0.29, 0.717) is 11.0 Å². The minimum absolute atomic E-state index is 0.534. The van der Waals surface area contributed by atoms with Gasteiger partial charge in [-0.25, -0.2) is 10.5 Å². The van der Waals surface area contributed by atoms with Gasteiger partial charge in [0.05, 0.1) is 0 Å². The molecule has 1 aromatic rings. The van der Waals surface area contributed by atoms with Crippen LogP contribution in [0.2, 0.25) is 0 Å². The second-order valence-electron chi connectivity index (χ2n) is 1.41. The monoisotopic (exact) mass is 179 g/mol. The summed E-state index contributed by atoms with van der Waals surface area (Å²) in [5.41, 5.74) is 2.36. The van der Waals surface area contributed by atoms with Crippen molar-refractivity contribution >= 4 is 29.6 Å². The first-order chi connectivity index (χ1) is 4.83. The molecule has 0 aliphatic carbocycles. The van der Waals surface area contributed by atoms with Crippen LogP contribution in [0.15, 0.2) is 0 Å². The Morgan fingerprint density at radius 1 is 1.70 bits per heavy atom. The fourth-order valence-electron chi connectivity index (χ4n) is 0.393. The van der Waals surface area contributed by atoms with E-state index in [1.807, 2.05) is 0 Å². The normalized spacial score (nSPS) is 9.80. The van der Waals surface area contributed by atoms with Gasteiger partial charge in [0.15, 0.2) is 0 Å². The van der Waals surface area contributed by atoms with Gasteiger partial charge in [-0.05, 0) is 6.92 Å². The number of aromatic nitrogens is 2. The van der Waals surface area contributed by atoms with Gasteiger partial charge in [0.25, 0.3) is 0 Å². The highest BCUT2D eigenvalue weighted by molar-refractivity contribution is 7.74. The van der Waals surface area contributed by atoms with Crippen LogP contribution in [0.1, 0.15) is 5.82 Å². The molecule has 0 spiro atoms. The van der Waals surface area contributed by atoms with Crippen molar-refractivity contribution in [3.8, 4) is 0 Å². The smallest absolute Gasteiger partial charge is 0.206 e. The van der Waals surface area contributed by atoms with E-state index in [2.05, 4.69) is 37.1 Å². The first kappa shape index (κ1) is 7.73. The van der Waals surface area contributed by atoms with Gasteiger partial charge in [-0.2, -0.15) is 4.37 Å². The summed E-state index contributed by atoms with van der Waals surface area (Å²) in [5.74, 6) is 0.690. The quantitative estimate of drug-likeness (QED) is 0.313. The third kappa shape index (κ3) is 2.10. The van der Waals surface area contributed by atoms with Crippen molar-refractivity contribution in [2.24, 2.45) is 0 Å². The molecule has 0 saturated heterocycles. The lowest BCUT2D eigenvalue weighted by atomic mass is 10.8. The summed E-state index contributed by atoms with van der Waals surface area (Å²) in [6.45, 7) is 1.78. The molecular weight excluding hydrogens is 174 g/mol. The van der Waals surface area contributed by atoms with Crippen molar-refractivity contribution in [1.29, 1.82) is 0 Å². The van der Waals surface area contributed by atoms with Crippen molar-refractivity contribution < 1.29 is 9.32 Å². The molecule has 0 aliphatic rings. The molecule has 7 heteroatoms. The number of thiol groups is 1. The number of rotatable bonds is 3. The molecule has 1 heterocycles. The second kappa shape index (κ2) is 3.71. The average molecular weight is 179 g/mol. The molecule has 0 amide bonds. The summed E-state index contributed by atoms with van der Waals surface area (Å²) in [7, 11) is 0. The summed E-state index contributed by atoms with van der Waals surface area (Å²) in [6.07, 6.45) is 0. The number of nitrogens with zero attached hydrogens (tertiary/aromatic N) is 2. The zero-order valence-corrected chi connectivity index (χ0v) is 6.78. The lowest BCUT2D eigenvalue weighted by molar-refractivity contribution is -0.158. The standard InChI is InChI=1S/C3H5N3O2S2/c1-2-4-3(10-6-2)5-7-8-9/h9H,1H3,(H,4,5,6). The molecule has 1 N–H and O–H groups in total. The van der Waals surface area contributed by atoms with Crippen molar-refractivity contribution in [3.05, 3.63) is 5.82 Å². The second-order valence-corrected chi connectivity index (χ2v) is 2.31. The van der Waals surface area contributed by atoms with Gasteiger partial charge < -0.3 is 0 Å². The Kier molecular flexibility index (Phi) is 2.87. The maximum Gasteiger partial charge on any atom is 0.229 e. The molecule has 0 aromatic carbocycles. The van der Waals surface area contributed by atoms with Gasteiger partial charge in [-0.1, -0.05) is 4.99 Å². The molecule has 0 radical (unpaired) electrons. The number of anilines is 1. The highest BCUT2D eigenvalue weighted by Gasteiger charge is 1.97. The van der Waals surface area contributed by atoms with Crippen molar-refractivity contribution in [1.82, 2.24) is 9.36 Å². The largest absolute Gasteiger partial charge is 0.229 e. The molecule has 0 bridgehead atoms. The Labute approximate surface area is 67.0 Å². The number of aryl methyl sites for hydroxylation is 1. The minimum atomic E-state index is 0.534. The average Bonchev–Trinajstić information content (AvgIpc) is 2.31. The molecule has 0 atom stereocenters. The van der Waals surface area contributed by atoms with E-state index >= 15 is 0 Å². The van der Waals surface area contributed by atoms with Crippen LogP contribution in [0.3, 0.4) is 0 Å². The van der Waals surface area contributed by atoms with E-state index in [1.54, 1.807) is 6.92 Å². The minimum Gasteiger partial charge on any atom is -0.206 e. The lowest BCUT2D eigenvalue weighted by Gasteiger charge is -1.93. The lowest BCUT2D eigenvalue weighted by Crippen LogP contribution is -1.96. The third-order valence-corrected chi connectivity index (χ3v) is 1.47. The van der Waals surface area contributed by atoms with Gasteiger partial charge in [0, 0.05) is 24.4 Å². The number of hydrogen-bond acceptors (Lipinski definition) is 7. The summed E-state index contributed by atoms with van der Waals surface area (Å²) in [5, 5.41) is 0.534. The van der Waals surface area contributed by atoms with E-state index in [9.17, 15) is 0 Å². The van der Waals surface area contributed by atoms with E-state index in [1.165, 1.54) is 11.5 Å². The zero-order valence-electron chi connectivity index (χ0n) is 5.07. The Bertz CT molecular complexity index is 203. The first-order valence-corrected chi connectivity index (χ1v) is 3.50. The molecule has 5 nitrogen and oxygen atoms in total. The van der Waals surface area contributed by atoms with Crippen LogP contribution in [-0.2, 0) is 9.32 Å². The van der Waals surface area contributed by atoms with Gasteiger partial charge in [0.2, 0.25) is 5.13 Å². The van der Waals surface area contributed by atoms with Gasteiger partial charge in [-0.15, -0.1) is 4.33 Å². The van der Waals surface area contributed by atoms with Gasteiger partial charge in [-0.3, -0.25) is 0 Å². The molecule has 0 fully saturated rings. The number of nitrogens with one attached hydrogen (secondary N) is 1. The van der Waals surface area contributed by atoms with E-state index < -0.39 is 0 Å². The van der Waals surface area contributed by atoms with Crippen LogP contribution >= 0.6 is 24.4 Å². The highest BCUT2D eigenvalue weighted by Crippen LogP contribution is 2.09. The maximum absolute atomic E-state index is 4.25. The number of hydrogen-bond donors (Lipinski definition) is 2. The fourth-order valence-corrected chi connectivity index (χ4v) is 0.934. The van der Waals surface area contributed by atoms with Crippen LogP contribution in [0.4, 0.5) is 5.13 Å². The van der Waals surface area contributed by atoms with Gasteiger partial charge in [0.1, 0.15) is 5.82 Å². The van der Waals surface area contributed by atoms with Crippen LogP contribution in [0.5, 0.6) is 0 Å². The summed E-state index contributed by atoms with van der Waals surface area (Å²) < 4.78 is 7.85.